The summed E-state index contributed by atoms with van der Waals surface area (Å²) in [7, 11) is -3.70. The number of hydrogen-bond donors (Lipinski definition) is 1. The summed E-state index contributed by atoms with van der Waals surface area (Å²) >= 11 is 0. The number of likely N-dealkylation sites (tertiary alicyclic amines) is 1. The van der Waals surface area contributed by atoms with Crippen LogP contribution in [-0.2, 0) is 14.8 Å². The third-order valence-electron chi connectivity index (χ3n) is 5.09. The van der Waals surface area contributed by atoms with Gasteiger partial charge in [0, 0.05) is 13.1 Å². The second-order valence-corrected chi connectivity index (χ2v) is 9.16. The number of aryl methyl sites for hydroxylation is 2. The van der Waals surface area contributed by atoms with Gasteiger partial charge in [0.1, 0.15) is 5.75 Å². The highest BCUT2D eigenvalue weighted by atomic mass is 32.2. The molecule has 1 amide bonds. The van der Waals surface area contributed by atoms with Crippen LogP contribution in [0.3, 0.4) is 0 Å². The molecule has 6 nitrogen and oxygen atoms in total. The van der Waals surface area contributed by atoms with Gasteiger partial charge in [0.05, 0.1) is 10.6 Å². The van der Waals surface area contributed by atoms with Crippen LogP contribution in [0.15, 0.2) is 47.4 Å². The molecule has 1 aliphatic rings. The Balaban J connectivity index is 1.61. The van der Waals surface area contributed by atoms with Gasteiger partial charge in [-0.1, -0.05) is 25.0 Å². The van der Waals surface area contributed by atoms with E-state index in [1.165, 1.54) is 12.1 Å². The Labute approximate surface area is 172 Å². The minimum Gasteiger partial charge on any atom is -0.484 e. The number of carbonyl (C=O) groups is 1. The van der Waals surface area contributed by atoms with Crippen molar-refractivity contribution in [2.45, 2.75) is 44.4 Å². The average molecular weight is 417 g/mol. The van der Waals surface area contributed by atoms with E-state index in [1.807, 2.05) is 30.9 Å². The molecule has 3 rings (SSSR count). The van der Waals surface area contributed by atoms with Gasteiger partial charge in [-0.25, -0.2) is 8.42 Å². The summed E-state index contributed by atoms with van der Waals surface area (Å²) in [5.74, 6) is 0.444. The van der Waals surface area contributed by atoms with Crippen LogP contribution < -0.4 is 9.46 Å². The number of ether oxygens (including phenoxy) is 1. The molecular formula is C22H28N2O4S. The van der Waals surface area contributed by atoms with Crippen LogP contribution >= 0.6 is 0 Å². The molecule has 0 unspecified atom stereocenters. The number of nitrogens with zero attached hydrogens (tertiary/aromatic N) is 1. The van der Waals surface area contributed by atoms with E-state index in [2.05, 4.69) is 4.72 Å². The zero-order valence-corrected chi connectivity index (χ0v) is 17.8. The largest absolute Gasteiger partial charge is 0.484 e. The maximum absolute atomic E-state index is 12.7. The van der Waals surface area contributed by atoms with Gasteiger partial charge in [0.15, 0.2) is 6.61 Å². The maximum Gasteiger partial charge on any atom is 0.261 e. The highest BCUT2D eigenvalue weighted by Crippen LogP contribution is 2.22. The van der Waals surface area contributed by atoms with E-state index in [9.17, 15) is 13.2 Å². The SMILES string of the molecule is Cc1ccc(C)c(NS(=O)(=O)c2ccc(OCC(=O)N3CCCCCC3)cc2)c1. The Kier molecular flexibility index (Phi) is 6.79. The van der Waals surface area contributed by atoms with Crippen molar-refractivity contribution in [3.63, 3.8) is 0 Å². The number of hydrogen-bond acceptors (Lipinski definition) is 4. The van der Waals surface area contributed by atoms with Crippen LogP contribution in [0.1, 0.15) is 36.8 Å². The van der Waals surface area contributed by atoms with Crippen molar-refractivity contribution in [1.82, 2.24) is 4.90 Å². The first-order valence-corrected chi connectivity index (χ1v) is 11.4. The number of nitrogens with one attached hydrogen (secondary N) is 1. The summed E-state index contributed by atoms with van der Waals surface area (Å²) in [5, 5.41) is 0. The monoisotopic (exact) mass is 416 g/mol. The predicted octanol–water partition coefficient (Wildman–Crippen LogP) is 3.89. The lowest BCUT2D eigenvalue weighted by Crippen LogP contribution is -2.35. The Hall–Kier alpha value is -2.54. The molecular weight excluding hydrogens is 388 g/mol. The lowest BCUT2D eigenvalue weighted by Gasteiger charge is -2.20. The van der Waals surface area contributed by atoms with Gasteiger partial charge in [-0.3, -0.25) is 9.52 Å². The zero-order valence-electron chi connectivity index (χ0n) is 17.0. The van der Waals surface area contributed by atoms with Crippen molar-refractivity contribution in [2.24, 2.45) is 0 Å². The fourth-order valence-electron chi connectivity index (χ4n) is 3.32. The number of rotatable bonds is 6. The van der Waals surface area contributed by atoms with Gasteiger partial charge in [-0.2, -0.15) is 0 Å². The molecule has 0 atom stereocenters. The van der Waals surface area contributed by atoms with Crippen molar-refractivity contribution in [3.05, 3.63) is 53.6 Å². The summed E-state index contributed by atoms with van der Waals surface area (Å²) in [6.07, 6.45) is 4.39. The standard InChI is InChI=1S/C22H28N2O4S/c1-17-7-8-18(2)21(15-17)23-29(26,27)20-11-9-19(10-12-20)28-16-22(25)24-13-5-3-4-6-14-24/h7-12,15,23H,3-6,13-14,16H2,1-2H3. The molecule has 1 saturated heterocycles. The summed E-state index contributed by atoms with van der Waals surface area (Å²) in [5.41, 5.74) is 2.39. The van der Waals surface area contributed by atoms with Crippen molar-refractivity contribution >= 4 is 21.6 Å². The predicted molar refractivity (Wildman–Crippen MR) is 114 cm³/mol. The maximum atomic E-state index is 12.7. The van der Waals surface area contributed by atoms with Crippen LogP contribution in [0.25, 0.3) is 0 Å². The van der Waals surface area contributed by atoms with Crippen molar-refractivity contribution in [2.75, 3.05) is 24.4 Å². The van der Waals surface area contributed by atoms with E-state index in [0.717, 1.165) is 49.9 Å². The van der Waals surface area contributed by atoms with Crippen LogP contribution in [0.2, 0.25) is 0 Å². The molecule has 1 aliphatic heterocycles. The molecule has 0 bridgehead atoms. The Morgan fingerprint density at radius 2 is 1.66 bits per heavy atom. The topological polar surface area (TPSA) is 75.7 Å². The molecule has 7 heteroatoms. The molecule has 0 aromatic heterocycles. The van der Waals surface area contributed by atoms with Crippen LogP contribution in [0.5, 0.6) is 5.75 Å². The van der Waals surface area contributed by atoms with Crippen LogP contribution in [0, 0.1) is 13.8 Å². The third kappa shape index (κ3) is 5.73. The van der Waals surface area contributed by atoms with Gasteiger partial charge in [-0.15, -0.1) is 0 Å². The molecule has 2 aromatic rings. The van der Waals surface area contributed by atoms with Gasteiger partial charge in [0.2, 0.25) is 0 Å². The zero-order chi connectivity index (χ0) is 20.9. The van der Waals surface area contributed by atoms with Gasteiger partial charge in [-0.05, 0) is 68.1 Å². The van der Waals surface area contributed by atoms with Gasteiger partial charge < -0.3 is 9.64 Å². The number of sulfonamides is 1. The molecule has 0 spiro atoms. The summed E-state index contributed by atoms with van der Waals surface area (Å²) in [6.45, 7) is 5.30. The average Bonchev–Trinajstić information content (AvgIpc) is 2.99. The van der Waals surface area contributed by atoms with E-state index in [1.54, 1.807) is 18.2 Å². The fraction of sp³-hybridized carbons (Fsp3) is 0.409. The van der Waals surface area contributed by atoms with E-state index in [0.29, 0.717) is 11.4 Å². The number of benzene rings is 2. The summed E-state index contributed by atoms with van der Waals surface area (Å²) in [6, 6.07) is 11.7. The minimum absolute atomic E-state index is 0.0276. The van der Waals surface area contributed by atoms with Gasteiger partial charge in [0.25, 0.3) is 15.9 Å². The van der Waals surface area contributed by atoms with Crippen molar-refractivity contribution in [1.29, 1.82) is 0 Å². The van der Waals surface area contributed by atoms with Crippen molar-refractivity contribution < 1.29 is 17.9 Å². The van der Waals surface area contributed by atoms with E-state index >= 15 is 0 Å². The molecule has 0 radical (unpaired) electrons. The summed E-state index contributed by atoms with van der Waals surface area (Å²) in [4.78, 5) is 14.3. The third-order valence-corrected chi connectivity index (χ3v) is 6.47. The molecule has 1 N–H and O–H groups in total. The first kappa shape index (κ1) is 21.2. The van der Waals surface area contributed by atoms with Gasteiger partial charge >= 0.3 is 0 Å². The Morgan fingerprint density at radius 3 is 2.31 bits per heavy atom. The second-order valence-electron chi connectivity index (χ2n) is 7.48. The minimum atomic E-state index is -3.70. The Bertz CT molecular complexity index is 947. The molecule has 29 heavy (non-hydrogen) atoms. The lowest BCUT2D eigenvalue weighted by atomic mass is 10.1. The first-order valence-electron chi connectivity index (χ1n) is 9.96. The van der Waals surface area contributed by atoms with E-state index in [4.69, 9.17) is 4.74 Å². The molecule has 156 valence electrons. The van der Waals surface area contributed by atoms with Crippen LogP contribution in [-0.4, -0.2) is 38.9 Å². The van der Waals surface area contributed by atoms with E-state index in [-0.39, 0.29) is 17.4 Å². The fourth-order valence-corrected chi connectivity index (χ4v) is 4.44. The summed E-state index contributed by atoms with van der Waals surface area (Å²) < 4.78 is 33.5. The highest BCUT2D eigenvalue weighted by molar-refractivity contribution is 7.92. The molecule has 1 fully saturated rings. The number of anilines is 1. The normalized spacial score (nSPS) is 14.9. The number of amides is 1. The molecule has 0 aliphatic carbocycles. The van der Waals surface area contributed by atoms with E-state index < -0.39 is 10.0 Å². The quantitative estimate of drug-likeness (QED) is 0.775. The smallest absolute Gasteiger partial charge is 0.261 e. The molecule has 1 heterocycles. The first-order chi connectivity index (χ1) is 13.8. The van der Waals surface area contributed by atoms with Crippen molar-refractivity contribution in [3.8, 4) is 5.75 Å². The molecule has 2 aromatic carbocycles. The van der Waals surface area contributed by atoms with Crippen LogP contribution in [0.4, 0.5) is 5.69 Å². The Morgan fingerprint density at radius 1 is 1.00 bits per heavy atom. The number of carbonyl (C=O) groups excluding carboxylic acids is 1. The highest BCUT2D eigenvalue weighted by Gasteiger charge is 2.17. The molecule has 0 saturated carbocycles. The lowest BCUT2D eigenvalue weighted by molar-refractivity contribution is -0.133. The second kappa shape index (κ2) is 9.31.